The number of hydrogen-bond donors (Lipinski definition) is 1. The Morgan fingerprint density at radius 1 is 1.35 bits per heavy atom. The summed E-state index contributed by atoms with van der Waals surface area (Å²) in [4.78, 5) is 5.62. The Morgan fingerprint density at radius 3 is 2.95 bits per heavy atom. The predicted octanol–water partition coefficient (Wildman–Crippen LogP) is 3.45. The molecule has 1 aliphatic heterocycles. The first kappa shape index (κ1) is 13.6. The van der Waals surface area contributed by atoms with Gasteiger partial charge in [-0.15, -0.1) is 11.3 Å². The van der Waals surface area contributed by atoms with Crippen molar-refractivity contribution in [3.8, 4) is 5.75 Å². The standard InChI is InChI=1S/C16H20N2OS/c1-11-8-18-14(20-11)10-17-9-13-6-4-5-12-7-16(2,3)19-15(12)13/h4-6,8,17H,7,9-10H2,1-3H3. The number of fused-ring (bicyclic) bond motifs is 1. The molecule has 0 spiro atoms. The lowest BCUT2D eigenvalue weighted by atomic mass is 10.0. The number of para-hydroxylation sites is 1. The summed E-state index contributed by atoms with van der Waals surface area (Å²) in [7, 11) is 0. The maximum atomic E-state index is 6.08. The van der Waals surface area contributed by atoms with E-state index in [9.17, 15) is 0 Å². The van der Waals surface area contributed by atoms with E-state index < -0.39 is 0 Å². The zero-order valence-electron chi connectivity index (χ0n) is 12.2. The molecule has 2 aromatic rings. The second-order valence-corrected chi connectivity index (χ2v) is 7.23. The van der Waals surface area contributed by atoms with Crippen LogP contribution in [0.15, 0.2) is 24.4 Å². The van der Waals surface area contributed by atoms with Crippen LogP contribution >= 0.6 is 11.3 Å². The Kier molecular flexibility index (Phi) is 3.52. The minimum absolute atomic E-state index is 0.0785. The Balaban J connectivity index is 1.66. The smallest absolute Gasteiger partial charge is 0.127 e. The van der Waals surface area contributed by atoms with Crippen LogP contribution in [-0.2, 0) is 19.5 Å². The van der Waals surface area contributed by atoms with Crippen molar-refractivity contribution in [2.24, 2.45) is 0 Å². The summed E-state index contributed by atoms with van der Waals surface area (Å²) in [6.07, 6.45) is 2.91. The van der Waals surface area contributed by atoms with Crippen LogP contribution in [0.2, 0.25) is 0 Å². The molecule has 4 heteroatoms. The van der Waals surface area contributed by atoms with Gasteiger partial charge >= 0.3 is 0 Å². The molecule has 1 aromatic carbocycles. The van der Waals surface area contributed by atoms with Gasteiger partial charge in [0, 0.05) is 36.1 Å². The molecule has 0 bridgehead atoms. The predicted molar refractivity (Wildman–Crippen MR) is 82.2 cm³/mol. The quantitative estimate of drug-likeness (QED) is 0.935. The number of thiazole rings is 1. The van der Waals surface area contributed by atoms with Gasteiger partial charge in [-0.25, -0.2) is 4.98 Å². The second kappa shape index (κ2) is 5.19. The molecule has 3 rings (SSSR count). The summed E-state index contributed by atoms with van der Waals surface area (Å²) in [5.41, 5.74) is 2.48. The number of aromatic nitrogens is 1. The summed E-state index contributed by atoms with van der Waals surface area (Å²) in [5.74, 6) is 1.07. The minimum Gasteiger partial charge on any atom is -0.487 e. The molecule has 2 heterocycles. The highest BCUT2D eigenvalue weighted by Gasteiger charge is 2.31. The molecule has 0 atom stereocenters. The van der Waals surface area contributed by atoms with E-state index in [1.54, 1.807) is 11.3 Å². The monoisotopic (exact) mass is 288 g/mol. The number of aryl methyl sites for hydroxylation is 1. The van der Waals surface area contributed by atoms with Crippen molar-refractivity contribution in [3.63, 3.8) is 0 Å². The van der Waals surface area contributed by atoms with Crippen LogP contribution in [-0.4, -0.2) is 10.6 Å². The Labute approximate surface area is 124 Å². The average Bonchev–Trinajstić information content (AvgIpc) is 2.91. The van der Waals surface area contributed by atoms with Crippen LogP contribution in [0.3, 0.4) is 0 Å². The first-order valence-corrected chi connectivity index (χ1v) is 7.77. The van der Waals surface area contributed by atoms with E-state index in [1.807, 2.05) is 6.20 Å². The van der Waals surface area contributed by atoms with Crippen molar-refractivity contribution in [2.75, 3.05) is 0 Å². The van der Waals surface area contributed by atoms with Crippen LogP contribution in [0, 0.1) is 6.92 Å². The number of nitrogens with zero attached hydrogens (tertiary/aromatic N) is 1. The topological polar surface area (TPSA) is 34.2 Å². The molecule has 0 radical (unpaired) electrons. The van der Waals surface area contributed by atoms with Crippen molar-refractivity contribution in [1.29, 1.82) is 0 Å². The fourth-order valence-corrected chi connectivity index (χ4v) is 3.36. The van der Waals surface area contributed by atoms with Crippen molar-refractivity contribution in [3.05, 3.63) is 45.4 Å². The summed E-state index contributed by atoms with van der Waals surface area (Å²) in [5, 5.41) is 4.59. The number of ether oxygens (including phenoxy) is 1. The number of benzene rings is 1. The number of rotatable bonds is 4. The van der Waals surface area contributed by atoms with Gasteiger partial charge in [0.25, 0.3) is 0 Å². The van der Waals surface area contributed by atoms with Crippen molar-refractivity contribution in [2.45, 2.75) is 45.9 Å². The number of hydrogen-bond acceptors (Lipinski definition) is 4. The second-order valence-electron chi connectivity index (χ2n) is 5.91. The van der Waals surface area contributed by atoms with Crippen LogP contribution in [0.4, 0.5) is 0 Å². The average molecular weight is 288 g/mol. The van der Waals surface area contributed by atoms with Gasteiger partial charge in [0.1, 0.15) is 16.4 Å². The fraction of sp³-hybridized carbons (Fsp3) is 0.438. The molecule has 1 aromatic heterocycles. The highest BCUT2D eigenvalue weighted by Crippen LogP contribution is 2.37. The molecular formula is C16H20N2OS. The van der Waals surface area contributed by atoms with Crippen LogP contribution < -0.4 is 10.1 Å². The van der Waals surface area contributed by atoms with Crippen molar-refractivity contribution < 1.29 is 4.74 Å². The highest BCUT2D eigenvalue weighted by molar-refractivity contribution is 7.11. The largest absolute Gasteiger partial charge is 0.487 e. The molecule has 0 saturated heterocycles. The van der Waals surface area contributed by atoms with Gasteiger partial charge in [-0.1, -0.05) is 18.2 Å². The molecule has 20 heavy (non-hydrogen) atoms. The molecule has 1 N–H and O–H groups in total. The van der Waals surface area contributed by atoms with Crippen molar-refractivity contribution in [1.82, 2.24) is 10.3 Å². The van der Waals surface area contributed by atoms with E-state index in [0.717, 1.165) is 30.3 Å². The highest BCUT2D eigenvalue weighted by atomic mass is 32.1. The molecule has 0 aliphatic carbocycles. The first-order chi connectivity index (χ1) is 9.53. The third kappa shape index (κ3) is 2.86. The van der Waals surface area contributed by atoms with Crippen LogP contribution in [0.5, 0.6) is 5.75 Å². The van der Waals surface area contributed by atoms with Gasteiger partial charge in [0.15, 0.2) is 0 Å². The normalized spacial score (nSPS) is 15.9. The lowest BCUT2D eigenvalue weighted by Gasteiger charge is -2.18. The zero-order chi connectivity index (χ0) is 14.2. The lowest BCUT2D eigenvalue weighted by molar-refractivity contribution is 0.137. The minimum atomic E-state index is -0.0785. The fourth-order valence-electron chi connectivity index (χ4n) is 2.61. The molecule has 1 aliphatic rings. The van der Waals surface area contributed by atoms with Gasteiger partial charge in [0.05, 0.1) is 0 Å². The summed E-state index contributed by atoms with van der Waals surface area (Å²) >= 11 is 1.74. The first-order valence-electron chi connectivity index (χ1n) is 6.95. The van der Waals surface area contributed by atoms with E-state index in [4.69, 9.17) is 4.74 Å². The van der Waals surface area contributed by atoms with E-state index in [1.165, 1.54) is 16.0 Å². The van der Waals surface area contributed by atoms with E-state index in [2.05, 4.69) is 49.3 Å². The molecule has 3 nitrogen and oxygen atoms in total. The molecule has 0 fully saturated rings. The van der Waals surface area contributed by atoms with Gasteiger partial charge < -0.3 is 10.1 Å². The Morgan fingerprint density at radius 2 is 2.20 bits per heavy atom. The third-order valence-electron chi connectivity index (χ3n) is 3.43. The SMILES string of the molecule is Cc1cnc(CNCc2cccc3c2OC(C)(C)C3)s1. The molecule has 0 amide bonds. The van der Waals surface area contributed by atoms with Crippen molar-refractivity contribution >= 4 is 11.3 Å². The maximum absolute atomic E-state index is 6.08. The zero-order valence-corrected chi connectivity index (χ0v) is 13.0. The van der Waals surface area contributed by atoms with Gasteiger partial charge in [0.2, 0.25) is 0 Å². The lowest BCUT2D eigenvalue weighted by Crippen LogP contribution is -2.25. The Hall–Kier alpha value is -1.39. The van der Waals surface area contributed by atoms with Gasteiger partial charge in [-0.05, 0) is 26.3 Å². The van der Waals surface area contributed by atoms with Gasteiger partial charge in [-0.2, -0.15) is 0 Å². The molecular weight excluding hydrogens is 268 g/mol. The summed E-state index contributed by atoms with van der Waals surface area (Å²) < 4.78 is 6.08. The van der Waals surface area contributed by atoms with E-state index >= 15 is 0 Å². The molecule has 106 valence electrons. The summed E-state index contributed by atoms with van der Waals surface area (Å²) in [6.45, 7) is 8.00. The van der Waals surface area contributed by atoms with E-state index in [-0.39, 0.29) is 5.60 Å². The third-order valence-corrected chi connectivity index (χ3v) is 4.35. The maximum Gasteiger partial charge on any atom is 0.127 e. The molecule has 0 saturated carbocycles. The van der Waals surface area contributed by atoms with E-state index in [0.29, 0.717) is 0 Å². The van der Waals surface area contributed by atoms with Crippen LogP contribution in [0.1, 0.15) is 34.9 Å². The Bertz CT molecular complexity index is 619. The summed E-state index contributed by atoms with van der Waals surface area (Å²) in [6, 6.07) is 6.42. The molecule has 0 unspecified atom stereocenters. The number of nitrogens with one attached hydrogen (secondary N) is 1. The van der Waals surface area contributed by atoms with Crippen LogP contribution in [0.25, 0.3) is 0 Å². The van der Waals surface area contributed by atoms with Gasteiger partial charge in [-0.3, -0.25) is 0 Å².